The average Bonchev–Trinajstić information content (AvgIpc) is 2.26. The summed E-state index contributed by atoms with van der Waals surface area (Å²) in [5.41, 5.74) is -0.0403. The summed E-state index contributed by atoms with van der Waals surface area (Å²) in [6.45, 7) is 7.56. The fraction of sp³-hybridized carbons (Fsp3) is 0.462. The van der Waals surface area contributed by atoms with Gasteiger partial charge in [0.1, 0.15) is 5.82 Å². The van der Waals surface area contributed by atoms with Crippen molar-refractivity contribution in [3.05, 3.63) is 29.6 Å². The monoisotopic (exact) mass is 267 g/mol. The third-order valence-corrected chi connectivity index (χ3v) is 2.87. The molecule has 0 saturated heterocycles. The van der Waals surface area contributed by atoms with Gasteiger partial charge >= 0.3 is 7.12 Å². The van der Waals surface area contributed by atoms with Gasteiger partial charge in [-0.2, -0.15) is 0 Å². The van der Waals surface area contributed by atoms with Crippen molar-refractivity contribution < 1.29 is 19.2 Å². The largest absolute Gasteiger partial charge is 0.491 e. The minimum Gasteiger partial charge on any atom is -0.423 e. The van der Waals surface area contributed by atoms with Crippen LogP contribution in [-0.2, 0) is 0 Å². The molecule has 0 bridgehead atoms. The first-order valence-corrected chi connectivity index (χ1v) is 6.24. The van der Waals surface area contributed by atoms with Crippen LogP contribution in [0.25, 0.3) is 0 Å². The van der Waals surface area contributed by atoms with E-state index in [1.807, 2.05) is 27.7 Å². The molecule has 6 heteroatoms. The first kappa shape index (κ1) is 15.7. The van der Waals surface area contributed by atoms with Gasteiger partial charge in [-0.25, -0.2) is 4.39 Å². The van der Waals surface area contributed by atoms with Gasteiger partial charge < -0.3 is 14.9 Å². The van der Waals surface area contributed by atoms with Crippen LogP contribution in [0.15, 0.2) is 18.2 Å². The molecule has 104 valence electrons. The second kappa shape index (κ2) is 6.17. The number of nitrogens with zero attached hydrogens (tertiary/aromatic N) is 1. The molecule has 19 heavy (non-hydrogen) atoms. The second-order valence-electron chi connectivity index (χ2n) is 5.01. The maximum Gasteiger partial charge on any atom is 0.491 e. The highest BCUT2D eigenvalue weighted by Gasteiger charge is 2.24. The molecule has 1 aromatic carbocycles. The van der Waals surface area contributed by atoms with Crippen molar-refractivity contribution in [2.45, 2.75) is 39.8 Å². The number of amides is 1. The second-order valence-corrected chi connectivity index (χ2v) is 5.01. The van der Waals surface area contributed by atoms with Crippen molar-refractivity contribution in [2.24, 2.45) is 0 Å². The molecule has 0 fully saturated rings. The Hall–Kier alpha value is -1.40. The van der Waals surface area contributed by atoms with Crippen LogP contribution in [0.2, 0.25) is 0 Å². The zero-order valence-corrected chi connectivity index (χ0v) is 11.6. The standard InChI is InChI=1S/C13H19BFNO3/c1-8(2)16(9(3)4)13(17)10-5-6-11(14(18)19)12(15)7-10/h5-9,18-19H,1-4H3. The van der Waals surface area contributed by atoms with Gasteiger partial charge in [0.05, 0.1) is 0 Å². The van der Waals surface area contributed by atoms with Crippen LogP contribution >= 0.6 is 0 Å². The number of benzene rings is 1. The molecule has 0 atom stereocenters. The lowest BCUT2D eigenvalue weighted by Crippen LogP contribution is -2.42. The van der Waals surface area contributed by atoms with E-state index in [1.165, 1.54) is 12.1 Å². The molecule has 0 aliphatic carbocycles. The number of halogens is 1. The number of hydrogen-bond acceptors (Lipinski definition) is 3. The van der Waals surface area contributed by atoms with E-state index in [1.54, 1.807) is 4.90 Å². The Bertz CT molecular complexity index is 455. The van der Waals surface area contributed by atoms with E-state index in [4.69, 9.17) is 10.0 Å². The van der Waals surface area contributed by atoms with Crippen LogP contribution in [0.5, 0.6) is 0 Å². The zero-order chi connectivity index (χ0) is 14.7. The molecule has 0 aliphatic rings. The van der Waals surface area contributed by atoms with Crippen molar-refractivity contribution in [3.63, 3.8) is 0 Å². The van der Waals surface area contributed by atoms with E-state index in [0.29, 0.717) is 0 Å². The van der Waals surface area contributed by atoms with Crippen LogP contribution in [-0.4, -0.2) is 40.1 Å². The first-order chi connectivity index (χ1) is 8.75. The van der Waals surface area contributed by atoms with Crippen LogP contribution in [0.1, 0.15) is 38.1 Å². The average molecular weight is 267 g/mol. The maximum absolute atomic E-state index is 13.6. The van der Waals surface area contributed by atoms with Crippen LogP contribution < -0.4 is 5.46 Å². The van der Waals surface area contributed by atoms with E-state index >= 15 is 0 Å². The van der Waals surface area contributed by atoms with Crippen molar-refractivity contribution >= 4 is 18.5 Å². The molecule has 0 aromatic heterocycles. The number of hydrogen-bond donors (Lipinski definition) is 2. The third-order valence-electron chi connectivity index (χ3n) is 2.87. The molecule has 4 nitrogen and oxygen atoms in total. The summed E-state index contributed by atoms with van der Waals surface area (Å²) in [6, 6.07) is 3.65. The highest BCUT2D eigenvalue weighted by atomic mass is 19.1. The van der Waals surface area contributed by atoms with Gasteiger partial charge in [-0.05, 0) is 39.8 Å². The van der Waals surface area contributed by atoms with Crippen molar-refractivity contribution in [1.29, 1.82) is 0 Å². The molecule has 0 saturated carbocycles. The molecule has 0 unspecified atom stereocenters. The van der Waals surface area contributed by atoms with E-state index in [9.17, 15) is 9.18 Å². The normalized spacial score (nSPS) is 11.0. The van der Waals surface area contributed by atoms with Crippen LogP contribution in [0.3, 0.4) is 0 Å². The Morgan fingerprint density at radius 2 is 1.74 bits per heavy atom. The lowest BCUT2D eigenvalue weighted by atomic mass is 9.79. The van der Waals surface area contributed by atoms with Gasteiger partial charge in [0, 0.05) is 23.1 Å². The smallest absolute Gasteiger partial charge is 0.423 e. The lowest BCUT2D eigenvalue weighted by molar-refractivity contribution is 0.0643. The first-order valence-electron chi connectivity index (χ1n) is 6.24. The minimum atomic E-state index is -1.88. The molecular weight excluding hydrogens is 248 g/mol. The maximum atomic E-state index is 13.6. The van der Waals surface area contributed by atoms with Crippen molar-refractivity contribution in [2.75, 3.05) is 0 Å². The van der Waals surface area contributed by atoms with Gasteiger partial charge in [-0.1, -0.05) is 6.07 Å². The third kappa shape index (κ3) is 3.55. The number of rotatable bonds is 4. The highest BCUT2D eigenvalue weighted by molar-refractivity contribution is 6.58. The molecule has 1 aromatic rings. The Kier molecular flexibility index (Phi) is 5.08. The summed E-state index contributed by atoms with van der Waals surface area (Å²) < 4.78 is 13.6. The quantitative estimate of drug-likeness (QED) is 0.792. The number of carbonyl (C=O) groups is 1. The summed E-state index contributed by atoms with van der Waals surface area (Å²) in [4.78, 5) is 13.9. The zero-order valence-electron chi connectivity index (χ0n) is 11.6. The van der Waals surface area contributed by atoms with E-state index < -0.39 is 12.9 Å². The van der Waals surface area contributed by atoms with Gasteiger partial charge in [0.25, 0.3) is 5.91 Å². The fourth-order valence-electron chi connectivity index (χ4n) is 2.08. The molecule has 0 aliphatic heterocycles. The Morgan fingerprint density at radius 1 is 1.21 bits per heavy atom. The molecular formula is C13H19BFNO3. The van der Waals surface area contributed by atoms with E-state index in [0.717, 1.165) is 6.07 Å². The van der Waals surface area contributed by atoms with Crippen molar-refractivity contribution in [1.82, 2.24) is 4.90 Å². The van der Waals surface area contributed by atoms with Crippen molar-refractivity contribution in [3.8, 4) is 0 Å². The molecule has 0 spiro atoms. The summed E-state index contributed by atoms with van der Waals surface area (Å²) in [7, 11) is -1.88. The van der Waals surface area contributed by atoms with Gasteiger partial charge in [-0.3, -0.25) is 4.79 Å². The lowest BCUT2D eigenvalue weighted by Gasteiger charge is -2.31. The summed E-state index contributed by atoms with van der Waals surface area (Å²) >= 11 is 0. The molecule has 0 heterocycles. The Labute approximate surface area is 113 Å². The molecule has 1 rings (SSSR count). The molecule has 2 N–H and O–H groups in total. The van der Waals surface area contributed by atoms with Gasteiger partial charge in [-0.15, -0.1) is 0 Å². The topological polar surface area (TPSA) is 60.8 Å². The number of carbonyl (C=O) groups excluding carboxylic acids is 1. The van der Waals surface area contributed by atoms with Gasteiger partial charge in [0.2, 0.25) is 0 Å². The fourth-order valence-corrected chi connectivity index (χ4v) is 2.08. The highest BCUT2D eigenvalue weighted by Crippen LogP contribution is 2.13. The summed E-state index contributed by atoms with van der Waals surface area (Å²) in [5.74, 6) is -1.07. The molecule has 0 radical (unpaired) electrons. The molecule has 1 amide bonds. The predicted octanol–water partition coefficient (Wildman–Crippen LogP) is 0.764. The van der Waals surface area contributed by atoms with Gasteiger partial charge in [0.15, 0.2) is 0 Å². The predicted molar refractivity (Wildman–Crippen MR) is 72.7 cm³/mol. The van der Waals surface area contributed by atoms with E-state index in [-0.39, 0.29) is 29.0 Å². The minimum absolute atomic E-state index is 0.00123. The van der Waals surface area contributed by atoms with Crippen LogP contribution in [0.4, 0.5) is 4.39 Å². The summed E-state index contributed by atoms with van der Waals surface area (Å²) in [6.07, 6.45) is 0. The Balaban J connectivity index is 3.10. The Morgan fingerprint density at radius 3 is 2.11 bits per heavy atom. The van der Waals surface area contributed by atoms with Crippen LogP contribution in [0, 0.1) is 5.82 Å². The summed E-state index contributed by atoms with van der Waals surface area (Å²) in [5, 5.41) is 17.9. The van der Waals surface area contributed by atoms with E-state index in [2.05, 4.69) is 0 Å². The SMILES string of the molecule is CC(C)N(C(=O)c1ccc(B(O)O)c(F)c1)C(C)C.